The van der Waals surface area contributed by atoms with Crippen molar-refractivity contribution in [3.8, 4) is 0 Å². The van der Waals surface area contributed by atoms with Crippen LogP contribution in [-0.2, 0) is 4.74 Å². The summed E-state index contributed by atoms with van der Waals surface area (Å²) >= 11 is 0. The molecule has 16 heavy (non-hydrogen) atoms. The first-order valence-corrected chi connectivity index (χ1v) is 5.36. The van der Waals surface area contributed by atoms with Gasteiger partial charge in [-0.1, -0.05) is 0 Å². The summed E-state index contributed by atoms with van der Waals surface area (Å²) in [4.78, 5) is 13.8. The Bertz CT molecular complexity index is 372. The van der Waals surface area contributed by atoms with Crippen molar-refractivity contribution in [3.05, 3.63) is 29.3 Å². The molecule has 0 aliphatic rings. The van der Waals surface area contributed by atoms with Crippen molar-refractivity contribution in [1.82, 2.24) is 0 Å². The molecule has 1 rings (SSSR count). The Morgan fingerprint density at radius 3 is 2.56 bits per heavy atom. The fraction of sp³-hybridized carbons (Fsp3) is 0.462. The van der Waals surface area contributed by atoms with Crippen LogP contribution in [0.3, 0.4) is 0 Å². The van der Waals surface area contributed by atoms with Crippen LogP contribution in [0.5, 0.6) is 0 Å². The van der Waals surface area contributed by atoms with Gasteiger partial charge >= 0.3 is 0 Å². The van der Waals surface area contributed by atoms with Crippen LogP contribution in [-0.4, -0.2) is 33.6 Å². The predicted molar refractivity (Wildman–Crippen MR) is 66.3 cm³/mol. The molecule has 0 unspecified atom stereocenters. The van der Waals surface area contributed by atoms with Crippen molar-refractivity contribution in [3.63, 3.8) is 0 Å². The second-order valence-electron chi connectivity index (χ2n) is 4.06. The fourth-order valence-corrected chi connectivity index (χ4v) is 1.67. The summed E-state index contributed by atoms with van der Waals surface area (Å²) in [6.45, 7) is 2.50. The lowest BCUT2D eigenvalue weighted by molar-refractivity contribution is 0.0932. The van der Waals surface area contributed by atoms with Crippen molar-refractivity contribution in [1.29, 1.82) is 0 Å². The molecule has 88 valence electrons. The molecule has 0 spiro atoms. The molecule has 0 saturated carbocycles. The lowest BCUT2D eigenvalue weighted by Gasteiger charge is -2.16. The smallest absolute Gasteiger partial charge is 0.165 e. The van der Waals surface area contributed by atoms with E-state index in [1.165, 1.54) is 0 Å². The first kappa shape index (κ1) is 12.7. The van der Waals surface area contributed by atoms with Gasteiger partial charge < -0.3 is 9.64 Å². The number of nitrogens with zero attached hydrogens (tertiary/aromatic N) is 1. The molecule has 0 radical (unpaired) electrons. The zero-order valence-corrected chi connectivity index (χ0v) is 10.4. The van der Waals surface area contributed by atoms with Gasteiger partial charge in [0.2, 0.25) is 0 Å². The summed E-state index contributed by atoms with van der Waals surface area (Å²) in [6.07, 6.45) is 0.442. The topological polar surface area (TPSA) is 29.5 Å². The minimum absolute atomic E-state index is 0.134. The van der Waals surface area contributed by atoms with E-state index in [0.717, 1.165) is 16.8 Å². The Labute approximate surface area is 97.0 Å². The normalized spacial score (nSPS) is 10.2. The van der Waals surface area contributed by atoms with Crippen LogP contribution in [0.4, 0.5) is 5.69 Å². The molecule has 0 aromatic heterocycles. The third kappa shape index (κ3) is 3.07. The number of carbonyl (C=O) groups is 1. The van der Waals surface area contributed by atoms with Crippen LogP contribution >= 0.6 is 0 Å². The number of methoxy groups -OCH3 is 1. The first-order valence-electron chi connectivity index (χ1n) is 5.36. The Morgan fingerprint density at radius 1 is 1.38 bits per heavy atom. The Morgan fingerprint density at radius 2 is 2.06 bits per heavy atom. The maximum Gasteiger partial charge on any atom is 0.165 e. The number of rotatable bonds is 5. The van der Waals surface area contributed by atoms with Crippen LogP contribution in [0.1, 0.15) is 22.3 Å². The SMILES string of the molecule is COCCC(=O)c1ccc(N(C)C)c(C)c1. The highest BCUT2D eigenvalue weighted by molar-refractivity contribution is 5.96. The lowest BCUT2D eigenvalue weighted by atomic mass is 10.0. The van der Waals surface area contributed by atoms with E-state index in [1.54, 1.807) is 7.11 Å². The standard InChI is InChI=1S/C13H19NO2/c1-10-9-11(13(15)7-8-16-4)5-6-12(10)14(2)3/h5-6,9H,7-8H2,1-4H3. The number of ketones is 1. The minimum atomic E-state index is 0.134. The van der Waals surface area contributed by atoms with Gasteiger partial charge in [-0.05, 0) is 30.7 Å². The quantitative estimate of drug-likeness (QED) is 0.714. The highest BCUT2D eigenvalue weighted by Gasteiger charge is 2.08. The van der Waals surface area contributed by atoms with E-state index in [0.29, 0.717) is 13.0 Å². The van der Waals surface area contributed by atoms with E-state index < -0.39 is 0 Å². The second-order valence-corrected chi connectivity index (χ2v) is 4.06. The van der Waals surface area contributed by atoms with Gasteiger partial charge in [-0.25, -0.2) is 0 Å². The van der Waals surface area contributed by atoms with Gasteiger partial charge in [0.05, 0.1) is 6.61 Å². The number of ether oxygens (including phenoxy) is 1. The first-order chi connectivity index (χ1) is 7.56. The molecular weight excluding hydrogens is 202 g/mol. The zero-order chi connectivity index (χ0) is 12.1. The molecule has 3 nitrogen and oxygen atoms in total. The highest BCUT2D eigenvalue weighted by atomic mass is 16.5. The van der Waals surface area contributed by atoms with Gasteiger partial charge in [-0.3, -0.25) is 4.79 Å². The number of anilines is 1. The van der Waals surface area contributed by atoms with Crippen molar-refractivity contribution < 1.29 is 9.53 Å². The molecule has 0 aliphatic carbocycles. The van der Waals surface area contributed by atoms with Crippen molar-refractivity contribution in [2.24, 2.45) is 0 Å². The molecule has 0 amide bonds. The number of carbonyl (C=O) groups excluding carboxylic acids is 1. The van der Waals surface area contributed by atoms with Crippen LogP contribution < -0.4 is 4.90 Å². The van der Waals surface area contributed by atoms with Crippen molar-refractivity contribution in [2.45, 2.75) is 13.3 Å². The van der Waals surface area contributed by atoms with E-state index in [-0.39, 0.29) is 5.78 Å². The van der Waals surface area contributed by atoms with Crippen molar-refractivity contribution in [2.75, 3.05) is 32.7 Å². The summed E-state index contributed by atoms with van der Waals surface area (Å²) < 4.78 is 4.90. The summed E-state index contributed by atoms with van der Waals surface area (Å²) in [5, 5.41) is 0. The van der Waals surface area contributed by atoms with Gasteiger partial charge in [-0.15, -0.1) is 0 Å². The maximum atomic E-state index is 11.7. The maximum absolute atomic E-state index is 11.7. The molecule has 0 heterocycles. The average molecular weight is 221 g/mol. The Balaban J connectivity index is 2.84. The summed E-state index contributed by atoms with van der Waals surface area (Å²) in [6, 6.07) is 5.79. The molecular formula is C13H19NO2. The molecule has 0 N–H and O–H groups in total. The number of Topliss-reactive ketones (excluding diaryl/α,β-unsaturated/α-hetero) is 1. The van der Waals surface area contributed by atoms with Crippen LogP contribution in [0, 0.1) is 6.92 Å². The van der Waals surface area contributed by atoms with Crippen LogP contribution in [0.2, 0.25) is 0 Å². The van der Waals surface area contributed by atoms with E-state index >= 15 is 0 Å². The van der Waals surface area contributed by atoms with Crippen LogP contribution in [0.25, 0.3) is 0 Å². The van der Waals surface area contributed by atoms with E-state index in [9.17, 15) is 4.79 Å². The molecule has 1 aromatic rings. The molecule has 0 saturated heterocycles. The van der Waals surface area contributed by atoms with E-state index in [2.05, 4.69) is 0 Å². The molecule has 0 fully saturated rings. The molecule has 0 aliphatic heterocycles. The van der Waals surface area contributed by atoms with Gasteiger partial charge in [0.25, 0.3) is 0 Å². The number of aryl methyl sites for hydroxylation is 1. The van der Waals surface area contributed by atoms with Crippen molar-refractivity contribution >= 4 is 11.5 Å². The van der Waals surface area contributed by atoms with E-state index in [4.69, 9.17) is 4.74 Å². The third-order valence-electron chi connectivity index (χ3n) is 2.53. The Kier molecular flexibility index (Phi) is 4.50. The highest BCUT2D eigenvalue weighted by Crippen LogP contribution is 2.19. The third-order valence-corrected chi connectivity index (χ3v) is 2.53. The predicted octanol–water partition coefficient (Wildman–Crippen LogP) is 2.28. The Hall–Kier alpha value is -1.35. The summed E-state index contributed by atoms with van der Waals surface area (Å²) in [7, 11) is 5.59. The lowest BCUT2D eigenvalue weighted by Crippen LogP contribution is -2.11. The second kappa shape index (κ2) is 5.66. The van der Waals surface area contributed by atoms with Gasteiger partial charge in [0.15, 0.2) is 5.78 Å². The number of hydrogen-bond donors (Lipinski definition) is 0. The molecule has 3 heteroatoms. The van der Waals surface area contributed by atoms with Gasteiger partial charge in [0.1, 0.15) is 0 Å². The van der Waals surface area contributed by atoms with Gasteiger partial charge in [-0.2, -0.15) is 0 Å². The average Bonchev–Trinajstić information content (AvgIpc) is 2.25. The van der Waals surface area contributed by atoms with Gasteiger partial charge in [0, 0.05) is 38.9 Å². The fourth-order valence-electron chi connectivity index (χ4n) is 1.67. The summed E-state index contributed by atoms with van der Waals surface area (Å²) in [5.74, 6) is 0.134. The molecule has 1 aromatic carbocycles. The number of benzene rings is 1. The van der Waals surface area contributed by atoms with E-state index in [1.807, 2.05) is 44.1 Å². The van der Waals surface area contributed by atoms with Crippen LogP contribution in [0.15, 0.2) is 18.2 Å². The minimum Gasteiger partial charge on any atom is -0.384 e. The molecule has 0 atom stereocenters. The zero-order valence-electron chi connectivity index (χ0n) is 10.4. The monoisotopic (exact) mass is 221 g/mol. The number of hydrogen-bond acceptors (Lipinski definition) is 3. The summed E-state index contributed by atoms with van der Waals surface area (Å²) in [5.41, 5.74) is 3.02. The molecule has 0 bridgehead atoms. The largest absolute Gasteiger partial charge is 0.384 e.